The lowest BCUT2D eigenvalue weighted by Gasteiger charge is -2.08. The zero-order valence-corrected chi connectivity index (χ0v) is 10.3. The number of hydrogen-bond donors (Lipinski definition) is 0. The van der Waals surface area contributed by atoms with Crippen LogP contribution in [0.1, 0.15) is 33.1 Å². The van der Waals surface area contributed by atoms with Crippen molar-refractivity contribution in [2.24, 2.45) is 5.92 Å². The van der Waals surface area contributed by atoms with Gasteiger partial charge < -0.3 is 0 Å². The van der Waals surface area contributed by atoms with E-state index in [0.717, 1.165) is 18.6 Å². The number of allylic oxidation sites excluding steroid dienone is 3. The lowest BCUT2D eigenvalue weighted by Crippen LogP contribution is -1.94. The Morgan fingerprint density at radius 3 is 2.71 bits per heavy atom. The summed E-state index contributed by atoms with van der Waals surface area (Å²) in [5.74, 6) is 1.82. The standard InChI is InChI=1S/C13H22S/c1-5-13(11-12(3)4)9-7-8-10-14-6-2/h6-7,9,13H,2-3,5,8,10-11H2,1,4H3/b9-7+. The molecule has 0 aromatic heterocycles. The summed E-state index contributed by atoms with van der Waals surface area (Å²) in [4.78, 5) is 0. The van der Waals surface area contributed by atoms with Crippen LogP contribution in [0.25, 0.3) is 0 Å². The molecule has 0 spiro atoms. The minimum Gasteiger partial charge on any atom is -0.134 e. The van der Waals surface area contributed by atoms with Crippen molar-refractivity contribution in [2.75, 3.05) is 5.75 Å². The van der Waals surface area contributed by atoms with Crippen molar-refractivity contribution < 1.29 is 0 Å². The summed E-state index contributed by atoms with van der Waals surface area (Å²) >= 11 is 1.78. The van der Waals surface area contributed by atoms with Gasteiger partial charge in [0.2, 0.25) is 0 Å². The first kappa shape index (κ1) is 13.6. The third-order valence-corrected chi connectivity index (χ3v) is 2.77. The van der Waals surface area contributed by atoms with Gasteiger partial charge in [-0.05, 0) is 37.5 Å². The van der Waals surface area contributed by atoms with Gasteiger partial charge in [-0.15, -0.1) is 18.3 Å². The second kappa shape index (κ2) is 9.14. The van der Waals surface area contributed by atoms with E-state index >= 15 is 0 Å². The van der Waals surface area contributed by atoms with Gasteiger partial charge in [0.25, 0.3) is 0 Å². The van der Waals surface area contributed by atoms with Crippen LogP contribution in [-0.4, -0.2) is 5.75 Å². The smallest absolute Gasteiger partial charge is 0.000844 e. The fraction of sp³-hybridized carbons (Fsp3) is 0.538. The van der Waals surface area contributed by atoms with Crippen LogP contribution in [0.15, 0.2) is 36.3 Å². The summed E-state index contributed by atoms with van der Waals surface area (Å²) in [6.45, 7) is 12.0. The van der Waals surface area contributed by atoms with Crippen LogP contribution in [0.2, 0.25) is 0 Å². The third-order valence-electron chi connectivity index (χ3n) is 2.06. The monoisotopic (exact) mass is 210 g/mol. The van der Waals surface area contributed by atoms with Gasteiger partial charge in [0.15, 0.2) is 0 Å². The van der Waals surface area contributed by atoms with E-state index in [2.05, 4.69) is 39.2 Å². The van der Waals surface area contributed by atoms with E-state index in [9.17, 15) is 0 Å². The molecule has 0 aromatic carbocycles. The minimum atomic E-state index is 0.682. The molecule has 0 rings (SSSR count). The van der Waals surface area contributed by atoms with Gasteiger partial charge in [-0.3, -0.25) is 0 Å². The molecule has 1 unspecified atom stereocenters. The average molecular weight is 210 g/mol. The largest absolute Gasteiger partial charge is 0.134 e. The van der Waals surface area contributed by atoms with Gasteiger partial charge in [-0.25, -0.2) is 0 Å². The Bertz CT molecular complexity index is 191. The molecule has 80 valence electrons. The van der Waals surface area contributed by atoms with E-state index < -0.39 is 0 Å². The summed E-state index contributed by atoms with van der Waals surface area (Å²) in [6.07, 6.45) is 8.09. The van der Waals surface area contributed by atoms with Crippen molar-refractivity contribution in [1.82, 2.24) is 0 Å². The molecule has 0 fully saturated rings. The first-order valence-electron chi connectivity index (χ1n) is 5.24. The van der Waals surface area contributed by atoms with Crippen molar-refractivity contribution in [3.8, 4) is 0 Å². The highest BCUT2D eigenvalue weighted by molar-refractivity contribution is 8.02. The SMILES string of the molecule is C=CSCC/C=C/C(CC)CC(=C)C. The highest BCUT2D eigenvalue weighted by Crippen LogP contribution is 2.15. The van der Waals surface area contributed by atoms with Gasteiger partial charge in [0.1, 0.15) is 0 Å². The molecule has 0 N–H and O–H groups in total. The van der Waals surface area contributed by atoms with E-state index in [1.807, 2.05) is 5.41 Å². The third kappa shape index (κ3) is 8.18. The molecule has 1 heteroatoms. The predicted octanol–water partition coefficient (Wildman–Crippen LogP) is 4.80. The predicted molar refractivity (Wildman–Crippen MR) is 69.6 cm³/mol. The fourth-order valence-corrected chi connectivity index (χ4v) is 1.74. The molecule has 0 saturated carbocycles. The molecule has 0 aliphatic rings. The van der Waals surface area contributed by atoms with Crippen LogP contribution < -0.4 is 0 Å². The number of thioether (sulfide) groups is 1. The molecule has 0 nitrogen and oxygen atoms in total. The molecule has 0 aliphatic carbocycles. The Balaban J connectivity index is 3.68. The normalized spacial score (nSPS) is 13.0. The lowest BCUT2D eigenvalue weighted by atomic mass is 9.98. The average Bonchev–Trinajstić information content (AvgIpc) is 2.15. The van der Waals surface area contributed by atoms with Crippen LogP contribution in [0, 0.1) is 5.92 Å². The lowest BCUT2D eigenvalue weighted by molar-refractivity contribution is 0.620. The summed E-state index contributed by atoms with van der Waals surface area (Å²) in [6, 6.07) is 0. The molecule has 0 heterocycles. The van der Waals surface area contributed by atoms with Crippen LogP contribution in [0.4, 0.5) is 0 Å². The maximum Gasteiger partial charge on any atom is 0.000844 e. The first-order valence-corrected chi connectivity index (χ1v) is 6.29. The molecule has 0 radical (unpaired) electrons. The van der Waals surface area contributed by atoms with Crippen molar-refractivity contribution in [2.45, 2.75) is 33.1 Å². The zero-order valence-electron chi connectivity index (χ0n) is 9.46. The molecule has 0 bridgehead atoms. The summed E-state index contributed by atoms with van der Waals surface area (Å²) in [5, 5.41) is 1.90. The van der Waals surface area contributed by atoms with Crippen LogP contribution in [-0.2, 0) is 0 Å². The van der Waals surface area contributed by atoms with E-state index in [1.54, 1.807) is 11.8 Å². The second-order valence-corrected chi connectivity index (χ2v) is 4.66. The first-order chi connectivity index (χ1) is 6.70. The van der Waals surface area contributed by atoms with Crippen molar-refractivity contribution >= 4 is 11.8 Å². The quantitative estimate of drug-likeness (QED) is 0.409. The minimum absolute atomic E-state index is 0.682. The Morgan fingerprint density at radius 2 is 2.21 bits per heavy atom. The zero-order chi connectivity index (χ0) is 10.8. The van der Waals surface area contributed by atoms with Crippen molar-refractivity contribution in [3.05, 3.63) is 36.3 Å². The molecule has 0 aromatic rings. The van der Waals surface area contributed by atoms with Gasteiger partial charge in [-0.1, -0.05) is 31.2 Å². The summed E-state index contributed by atoms with van der Waals surface area (Å²) in [5.41, 5.74) is 1.28. The van der Waals surface area contributed by atoms with Gasteiger partial charge in [0.05, 0.1) is 0 Å². The molecule has 0 aliphatic heterocycles. The summed E-state index contributed by atoms with van der Waals surface area (Å²) in [7, 11) is 0. The van der Waals surface area contributed by atoms with Gasteiger partial charge in [0, 0.05) is 5.75 Å². The second-order valence-electron chi connectivity index (χ2n) is 3.58. The van der Waals surface area contributed by atoms with Crippen molar-refractivity contribution in [3.63, 3.8) is 0 Å². The van der Waals surface area contributed by atoms with E-state index in [4.69, 9.17) is 0 Å². The Morgan fingerprint density at radius 1 is 1.50 bits per heavy atom. The van der Waals surface area contributed by atoms with Gasteiger partial charge in [-0.2, -0.15) is 0 Å². The highest BCUT2D eigenvalue weighted by Gasteiger charge is 2.00. The molecular weight excluding hydrogens is 188 g/mol. The van der Waals surface area contributed by atoms with E-state index in [0.29, 0.717) is 5.92 Å². The van der Waals surface area contributed by atoms with Crippen LogP contribution in [0.3, 0.4) is 0 Å². The molecule has 14 heavy (non-hydrogen) atoms. The fourth-order valence-electron chi connectivity index (χ4n) is 1.30. The Labute approximate surface area is 93.2 Å². The maximum atomic E-state index is 3.95. The van der Waals surface area contributed by atoms with Crippen LogP contribution >= 0.6 is 11.8 Å². The summed E-state index contributed by atoms with van der Waals surface area (Å²) < 4.78 is 0. The topological polar surface area (TPSA) is 0 Å². The number of hydrogen-bond acceptors (Lipinski definition) is 1. The van der Waals surface area contributed by atoms with E-state index in [-0.39, 0.29) is 0 Å². The van der Waals surface area contributed by atoms with Crippen molar-refractivity contribution in [1.29, 1.82) is 0 Å². The number of rotatable bonds is 8. The molecular formula is C13H22S. The molecule has 0 saturated heterocycles. The Kier molecular flexibility index (Phi) is 8.86. The van der Waals surface area contributed by atoms with Crippen LogP contribution in [0.5, 0.6) is 0 Å². The molecule has 1 atom stereocenters. The van der Waals surface area contributed by atoms with E-state index in [1.165, 1.54) is 12.0 Å². The molecule has 0 amide bonds. The maximum absolute atomic E-state index is 3.95. The highest BCUT2D eigenvalue weighted by atomic mass is 32.2. The Hall–Kier alpha value is -0.430. The van der Waals surface area contributed by atoms with Gasteiger partial charge >= 0.3 is 0 Å².